The van der Waals surface area contributed by atoms with Gasteiger partial charge >= 0.3 is 29.6 Å². The summed E-state index contributed by atoms with van der Waals surface area (Å²) in [5.41, 5.74) is 2.40. The van der Waals surface area contributed by atoms with Crippen molar-refractivity contribution in [1.82, 2.24) is 0 Å². The molecule has 0 heterocycles. The molecule has 0 saturated heterocycles. The van der Waals surface area contributed by atoms with Gasteiger partial charge in [-0.15, -0.1) is 11.6 Å². The third-order valence-electron chi connectivity index (χ3n) is 2.50. The van der Waals surface area contributed by atoms with E-state index in [0.29, 0.717) is 5.69 Å². The van der Waals surface area contributed by atoms with E-state index in [0.717, 1.165) is 11.1 Å². The second-order valence-electron chi connectivity index (χ2n) is 3.95. The first-order chi connectivity index (χ1) is 8.08. The van der Waals surface area contributed by atoms with Gasteiger partial charge in [0.1, 0.15) is 0 Å². The molecule has 18 heavy (non-hydrogen) atoms. The van der Waals surface area contributed by atoms with Crippen LogP contribution in [0.4, 0.5) is 5.69 Å². The minimum atomic E-state index is -0.235. The first-order valence-electron chi connectivity index (χ1n) is 5.29. The number of hydrogen-bond acceptors (Lipinski definition) is 3. The Kier molecular flexibility index (Phi) is 8.86. The molecule has 0 aliphatic heterocycles. The summed E-state index contributed by atoms with van der Waals surface area (Å²) in [5, 5.41) is 12.8. The molecule has 0 aliphatic rings. The van der Waals surface area contributed by atoms with E-state index < -0.39 is 0 Å². The predicted octanol–water partition coefficient (Wildman–Crippen LogP) is -1.40. The minimum absolute atomic E-state index is 0. The molecule has 6 heteroatoms. The van der Waals surface area contributed by atoms with Crippen LogP contribution in [0, 0.1) is 12.8 Å². The van der Waals surface area contributed by atoms with Crippen LogP contribution in [0.3, 0.4) is 0 Å². The fourth-order valence-corrected chi connectivity index (χ4v) is 1.47. The number of hydrogen-bond donors (Lipinski definition) is 1. The van der Waals surface area contributed by atoms with Gasteiger partial charge in [0, 0.05) is 17.5 Å². The maximum Gasteiger partial charge on any atom is 1.00 e. The average molecular weight is 280 g/mol. The monoisotopic (exact) mass is 279 g/mol. The number of nitrogens with one attached hydrogen (secondary N) is 1. The minimum Gasteiger partial charge on any atom is -0.723 e. The molecular formula is C12H15ClNNaO3. The second kappa shape index (κ2) is 8.91. The van der Waals surface area contributed by atoms with Crippen LogP contribution in [0.1, 0.15) is 18.1 Å². The van der Waals surface area contributed by atoms with Crippen molar-refractivity contribution in [3.63, 3.8) is 0 Å². The van der Waals surface area contributed by atoms with E-state index in [1.807, 2.05) is 6.92 Å². The van der Waals surface area contributed by atoms with Gasteiger partial charge in [-0.05, 0) is 30.2 Å². The summed E-state index contributed by atoms with van der Waals surface area (Å²) in [6.07, 6.45) is 0. The van der Waals surface area contributed by atoms with E-state index in [1.165, 1.54) is 0 Å². The van der Waals surface area contributed by atoms with Crippen LogP contribution in [-0.4, -0.2) is 11.8 Å². The van der Waals surface area contributed by atoms with Crippen molar-refractivity contribution in [3.8, 4) is 0 Å². The molecule has 1 N–H and O–H groups in total. The zero-order valence-corrected chi connectivity index (χ0v) is 13.6. The first kappa shape index (κ1) is 17.9. The summed E-state index contributed by atoms with van der Waals surface area (Å²) >= 11 is 5.60. The van der Waals surface area contributed by atoms with Crippen LogP contribution >= 0.6 is 11.6 Å². The van der Waals surface area contributed by atoms with Crippen molar-refractivity contribution in [1.29, 1.82) is 0 Å². The zero-order valence-electron chi connectivity index (χ0n) is 10.8. The van der Waals surface area contributed by atoms with Gasteiger partial charge in [0.2, 0.25) is 5.91 Å². The number of alkyl halides is 1. The van der Waals surface area contributed by atoms with Gasteiger partial charge in [0.05, 0.1) is 6.61 Å². The van der Waals surface area contributed by atoms with Crippen molar-refractivity contribution in [3.05, 3.63) is 29.3 Å². The smallest absolute Gasteiger partial charge is 0.723 e. The molecule has 1 atom stereocenters. The maximum atomic E-state index is 11.6. The number of aryl methyl sites for hydroxylation is 1. The van der Waals surface area contributed by atoms with Crippen molar-refractivity contribution < 1.29 is 44.5 Å². The zero-order chi connectivity index (χ0) is 12.8. The topological polar surface area (TPSA) is 61.4 Å². The summed E-state index contributed by atoms with van der Waals surface area (Å²) in [4.78, 5) is 15.4. The summed E-state index contributed by atoms with van der Waals surface area (Å²) in [6.45, 7) is 3.64. The van der Waals surface area contributed by atoms with E-state index in [2.05, 4.69) is 10.2 Å². The van der Waals surface area contributed by atoms with Gasteiger partial charge in [-0.2, -0.15) is 0 Å². The van der Waals surface area contributed by atoms with Crippen LogP contribution < -0.4 is 40.1 Å². The number of rotatable bonds is 5. The molecule has 1 unspecified atom stereocenters. The Labute approximate surface area is 134 Å². The van der Waals surface area contributed by atoms with Crippen molar-refractivity contribution in [2.45, 2.75) is 20.5 Å². The normalized spacial score (nSPS) is 11.6. The summed E-state index contributed by atoms with van der Waals surface area (Å²) in [7, 11) is 0. The van der Waals surface area contributed by atoms with Crippen LogP contribution in [0.2, 0.25) is 0 Å². The van der Waals surface area contributed by atoms with Crippen molar-refractivity contribution in [2.24, 2.45) is 5.92 Å². The van der Waals surface area contributed by atoms with Crippen molar-refractivity contribution >= 4 is 23.2 Å². The van der Waals surface area contributed by atoms with Gasteiger partial charge in [-0.1, -0.05) is 13.0 Å². The quantitative estimate of drug-likeness (QED) is 0.312. The van der Waals surface area contributed by atoms with Gasteiger partial charge in [-0.25, -0.2) is 0 Å². The number of carbonyl (C=O) groups is 1. The molecule has 0 aliphatic carbocycles. The molecule has 0 fully saturated rings. The molecule has 1 aromatic rings. The Morgan fingerprint density at radius 3 is 2.72 bits per heavy atom. The van der Waals surface area contributed by atoms with E-state index in [4.69, 9.17) is 11.6 Å². The van der Waals surface area contributed by atoms with Crippen LogP contribution in [0.15, 0.2) is 18.2 Å². The van der Waals surface area contributed by atoms with Crippen LogP contribution in [0.25, 0.3) is 0 Å². The average Bonchev–Trinajstić information content (AvgIpc) is 2.31. The second-order valence-corrected chi connectivity index (χ2v) is 4.26. The van der Waals surface area contributed by atoms with Gasteiger partial charge in [-0.3, -0.25) is 4.79 Å². The predicted molar refractivity (Wildman–Crippen MR) is 64.5 cm³/mol. The summed E-state index contributed by atoms with van der Waals surface area (Å²) in [6, 6.07) is 5.29. The Hall–Kier alpha value is -0.100. The largest absolute Gasteiger partial charge is 1.00 e. The molecule has 0 aromatic heterocycles. The van der Waals surface area contributed by atoms with Gasteiger partial charge < -0.3 is 15.5 Å². The fourth-order valence-electron chi connectivity index (χ4n) is 1.33. The molecule has 0 saturated carbocycles. The van der Waals surface area contributed by atoms with Gasteiger partial charge in [0.15, 0.2) is 0 Å². The molecule has 0 radical (unpaired) electrons. The van der Waals surface area contributed by atoms with Crippen LogP contribution in [-0.2, 0) is 16.3 Å². The molecule has 0 spiro atoms. The Bertz CT molecular complexity index is 401. The molecular weight excluding hydrogens is 265 g/mol. The SMILES string of the molecule is Cc1cc(NC(=O)C(C)CCl)ccc1CO[O-].[Na+]. The third-order valence-corrected chi connectivity index (χ3v) is 2.97. The molecule has 1 aromatic carbocycles. The standard InChI is InChI=1S/C12H16ClNO3.Na/c1-8-5-11(4-3-10(8)7-17-16)14-12(15)9(2)6-13;/h3-5,9,16H,6-7H2,1-2H3,(H,14,15);/q;+1/p-1. The number of benzene rings is 1. The van der Waals surface area contributed by atoms with Crippen molar-refractivity contribution in [2.75, 3.05) is 11.2 Å². The fraction of sp³-hybridized carbons (Fsp3) is 0.417. The van der Waals surface area contributed by atoms with E-state index in [1.54, 1.807) is 25.1 Å². The van der Waals surface area contributed by atoms with Crippen LogP contribution in [0.5, 0.6) is 0 Å². The summed E-state index contributed by atoms with van der Waals surface area (Å²) < 4.78 is 0. The molecule has 94 valence electrons. The Balaban J connectivity index is 0.00000289. The Morgan fingerprint density at radius 2 is 2.22 bits per heavy atom. The van der Waals surface area contributed by atoms with E-state index in [9.17, 15) is 10.1 Å². The number of carbonyl (C=O) groups excluding carboxylic acids is 1. The van der Waals surface area contributed by atoms with E-state index >= 15 is 0 Å². The summed E-state index contributed by atoms with van der Waals surface area (Å²) in [5.74, 6) is -0.0683. The van der Waals surface area contributed by atoms with Gasteiger partial charge in [0.25, 0.3) is 0 Å². The molecule has 0 bridgehead atoms. The van der Waals surface area contributed by atoms with E-state index in [-0.39, 0.29) is 53.9 Å². The number of anilines is 1. The Morgan fingerprint density at radius 1 is 1.56 bits per heavy atom. The number of amides is 1. The third kappa shape index (κ3) is 5.26. The first-order valence-corrected chi connectivity index (χ1v) is 5.83. The molecule has 1 amide bonds. The molecule has 4 nitrogen and oxygen atoms in total. The maximum absolute atomic E-state index is 11.6. The molecule has 1 rings (SSSR count). The number of halogens is 1.